The van der Waals surface area contributed by atoms with Gasteiger partial charge in [0.05, 0.1) is 5.69 Å². The molecule has 0 unspecified atom stereocenters. The highest BCUT2D eigenvalue weighted by Gasteiger charge is 2.21. The van der Waals surface area contributed by atoms with Gasteiger partial charge in [0.2, 0.25) is 0 Å². The zero-order valence-electron chi connectivity index (χ0n) is 14.4. The predicted molar refractivity (Wildman–Crippen MR) is 97.5 cm³/mol. The monoisotopic (exact) mass is 344 g/mol. The molecule has 1 aliphatic rings. The summed E-state index contributed by atoms with van der Waals surface area (Å²) in [5.41, 5.74) is 7.00. The standard InChI is InChI=1S/C19H25FN4O/c20-11-13-23(16-4-2-1-3-5-16)14-15-6-8-17(9-7-15)24-12-10-18(21)22-19(24)25/h6-10,12,16H,1-5,11,13-14H2,(H2,21,22,25). The summed E-state index contributed by atoms with van der Waals surface area (Å²) in [6.07, 6.45) is 7.70. The van der Waals surface area contributed by atoms with Crippen LogP contribution in [0.25, 0.3) is 5.69 Å². The van der Waals surface area contributed by atoms with E-state index in [2.05, 4.69) is 9.88 Å². The van der Waals surface area contributed by atoms with Gasteiger partial charge in [-0.1, -0.05) is 31.4 Å². The molecule has 2 aromatic rings. The van der Waals surface area contributed by atoms with Crippen LogP contribution in [-0.4, -0.2) is 33.7 Å². The van der Waals surface area contributed by atoms with E-state index in [4.69, 9.17) is 5.73 Å². The summed E-state index contributed by atoms with van der Waals surface area (Å²) < 4.78 is 14.4. The maximum atomic E-state index is 13.0. The largest absolute Gasteiger partial charge is 0.383 e. The Labute approximate surface area is 147 Å². The van der Waals surface area contributed by atoms with E-state index >= 15 is 0 Å². The molecule has 5 nitrogen and oxygen atoms in total. The van der Waals surface area contributed by atoms with Crippen molar-refractivity contribution in [2.45, 2.75) is 44.7 Å². The van der Waals surface area contributed by atoms with Gasteiger partial charge in [0.15, 0.2) is 0 Å². The smallest absolute Gasteiger partial charge is 0.354 e. The summed E-state index contributed by atoms with van der Waals surface area (Å²) >= 11 is 0. The van der Waals surface area contributed by atoms with E-state index in [0.29, 0.717) is 12.6 Å². The lowest BCUT2D eigenvalue weighted by Gasteiger charge is -2.33. The Morgan fingerprint density at radius 2 is 1.88 bits per heavy atom. The summed E-state index contributed by atoms with van der Waals surface area (Å²) in [4.78, 5) is 17.9. The molecule has 0 bridgehead atoms. The molecule has 0 saturated heterocycles. The average Bonchev–Trinajstić information content (AvgIpc) is 2.63. The van der Waals surface area contributed by atoms with Gasteiger partial charge in [-0.25, -0.2) is 9.18 Å². The van der Waals surface area contributed by atoms with Gasteiger partial charge in [-0.3, -0.25) is 9.47 Å². The minimum absolute atomic E-state index is 0.215. The molecule has 2 N–H and O–H groups in total. The first-order chi connectivity index (χ1) is 12.2. The van der Waals surface area contributed by atoms with Crippen molar-refractivity contribution < 1.29 is 4.39 Å². The SMILES string of the molecule is Nc1ccn(-c2ccc(CN(CCF)C3CCCCC3)cc2)c(=O)n1. The Hall–Kier alpha value is -2.21. The van der Waals surface area contributed by atoms with Crippen LogP contribution in [0.3, 0.4) is 0 Å². The quantitative estimate of drug-likeness (QED) is 0.875. The highest BCUT2D eigenvalue weighted by molar-refractivity contribution is 5.36. The molecule has 0 spiro atoms. The van der Waals surface area contributed by atoms with Gasteiger partial charge in [-0.2, -0.15) is 4.98 Å². The third-order valence-corrected chi connectivity index (χ3v) is 4.89. The first kappa shape index (κ1) is 17.6. The van der Waals surface area contributed by atoms with Crippen LogP contribution >= 0.6 is 0 Å². The number of hydrogen-bond acceptors (Lipinski definition) is 4. The second-order valence-corrected chi connectivity index (χ2v) is 6.62. The van der Waals surface area contributed by atoms with Gasteiger partial charge < -0.3 is 5.73 Å². The molecule has 1 aromatic carbocycles. The zero-order chi connectivity index (χ0) is 17.6. The van der Waals surface area contributed by atoms with Crippen LogP contribution in [0.2, 0.25) is 0 Å². The molecule has 1 heterocycles. The molecule has 1 aromatic heterocycles. The number of hydrogen-bond donors (Lipinski definition) is 1. The number of halogens is 1. The molecular formula is C19H25FN4O. The predicted octanol–water partition coefficient (Wildman–Crippen LogP) is 2.92. The molecule has 0 atom stereocenters. The molecular weight excluding hydrogens is 319 g/mol. The number of benzene rings is 1. The van der Waals surface area contributed by atoms with E-state index in [9.17, 15) is 9.18 Å². The highest BCUT2D eigenvalue weighted by atomic mass is 19.1. The van der Waals surface area contributed by atoms with Crippen molar-refractivity contribution in [2.24, 2.45) is 0 Å². The van der Waals surface area contributed by atoms with E-state index in [1.54, 1.807) is 12.3 Å². The maximum absolute atomic E-state index is 13.0. The Morgan fingerprint density at radius 3 is 2.52 bits per heavy atom. The summed E-state index contributed by atoms with van der Waals surface area (Å²) in [5.74, 6) is 0.215. The van der Waals surface area contributed by atoms with Crippen LogP contribution in [-0.2, 0) is 6.54 Å². The molecule has 1 fully saturated rings. The van der Waals surface area contributed by atoms with Crippen LogP contribution in [0, 0.1) is 0 Å². The summed E-state index contributed by atoms with van der Waals surface area (Å²) in [6.45, 7) is 0.901. The normalized spacial score (nSPS) is 15.6. The fraction of sp³-hybridized carbons (Fsp3) is 0.474. The molecule has 134 valence electrons. The number of aromatic nitrogens is 2. The number of nitrogen functional groups attached to an aromatic ring is 1. The maximum Gasteiger partial charge on any atom is 0.354 e. The van der Waals surface area contributed by atoms with E-state index in [-0.39, 0.29) is 12.5 Å². The Bertz CT molecular complexity index is 738. The number of alkyl halides is 1. The van der Waals surface area contributed by atoms with Crippen molar-refractivity contribution in [1.29, 1.82) is 0 Å². The summed E-state index contributed by atoms with van der Waals surface area (Å²) in [6, 6.07) is 9.85. The Kier molecular flexibility index (Phi) is 5.81. The molecule has 0 amide bonds. The minimum Gasteiger partial charge on any atom is -0.383 e. The lowest BCUT2D eigenvalue weighted by Crippen LogP contribution is -2.37. The zero-order valence-corrected chi connectivity index (χ0v) is 14.4. The van der Waals surface area contributed by atoms with E-state index in [0.717, 1.165) is 30.6 Å². The minimum atomic E-state index is -0.394. The highest BCUT2D eigenvalue weighted by Crippen LogP contribution is 2.24. The van der Waals surface area contributed by atoms with Crippen LogP contribution in [0.15, 0.2) is 41.3 Å². The van der Waals surface area contributed by atoms with Gasteiger partial charge in [-0.15, -0.1) is 0 Å². The van der Waals surface area contributed by atoms with Crippen molar-refractivity contribution in [3.05, 3.63) is 52.6 Å². The molecule has 1 saturated carbocycles. The van der Waals surface area contributed by atoms with E-state index in [1.807, 2.05) is 24.3 Å². The molecule has 0 aliphatic heterocycles. The number of nitrogens with zero attached hydrogens (tertiary/aromatic N) is 3. The van der Waals surface area contributed by atoms with Crippen molar-refractivity contribution >= 4 is 5.82 Å². The van der Waals surface area contributed by atoms with Crippen molar-refractivity contribution in [2.75, 3.05) is 19.0 Å². The van der Waals surface area contributed by atoms with Gasteiger partial charge >= 0.3 is 5.69 Å². The lowest BCUT2D eigenvalue weighted by molar-refractivity contribution is 0.137. The second-order valence-electron chi connectivity index (χ2n) is 6.62. The lowest BCUT2D eigenvalue weighted by atomic mass is 9.94. The third-order valence-electron chi connectivity index (χ3n) is 4.89. The fourth-order valence-electron chi connectivity index (χ4n) is 3.55. The molecule has 0 radical (unpaired) electrons. The summed E-state index contributed by atoms with van der Waals surface area (Å²) in [5, 5.41) is 0. The Morgan fingerprint density at radius 1 is 1.16 bits per heavy atom. The van der Waals surface area contributed by atoms with E-state index < -0.39 is 5.69 Å². The van der Waals surface area contributed by atoms with Crippen LogP contribution in [0.5, 0.6) is 0 Å². The average molecular weight is 344 g/mol. The first-order valence-corrected chi connectivity index (χ1v) is 8.92. The molecule has 6 heteroatoms. The first-order valence-electron chi connectivity index (χ1n) is 8.92. The van der Waals surface area contributed by atoms with Gasteiger partial charge in [0.25, 0.3) is 0 Å². The molecule has 25 heavy (non-hydrogen) atoms. The summed E-state index contributed by atoms with van der Waals surface area (Å²) in [7, 11) is 0. The van der Waals surface area contributed by atoms with Crippen molar-refractivity contribution in [1.82, 2.24) is 14.5 Å². The third kappa shape index (κ3) is 4.45. The number of rotatable bonds is 6. The second kappa shape index (κ2) is 8.25. The van der Waals surface area contributed by atoms with Gasteiger partial charge in [0.1, 0.15) is 12.5 Å². The van der Waals surface area contributed by atoms with E-state index in [1.165, 1.54) is 23.8 Å². The van der Waals surface area contributed by atoms with Crippen LogP contribution in [0.4, 0.5) is 10.2 Å². The number of anilines is 1. The number of nitrogens with two attached hydrogens (primary N) is 1. The van der Waals surface area contributed by atoms with Crippen molar-refractivity contribution in [3.8, 4) is 5.69 Å². The van der Waals surface area contributed by atoms with Gasteiger partial charge in [-0.05, 0) is 36.6 Å². The van der Waals surface area contributed by atoms with Crippen LogP contribution in [0.1, 0.15) is 37.7 Å². The Balaban J connectivity index is 1.73. The van der Waals surface area contributed by atoms with Crippen LogP contribution < -0.4 is 11.4 Å². The van der Waals surface area contributed by atoms with Gasteiger partial charge in [0, 0.05) is 25.3 Å². The van der Waals surface area contributed by atoms with Crippen molar-refractivity contribution in [3.63, 3.8) is 0 Å². The molecule has 1 aliphatic carbocycles. The molecule has 3 rings (SSSR count). The fourth-order valence-corrected chi connectivity index (χ4v) is 3.55. The topological polar surface area (TPSA) is 64.2 Å².